The van der Waals surface area contributed by atoms with Crippen LogP contribution in [0.5, 0.6) is 0 Å². The summed E-state index contributed by atoms with van der Waals surface area (Å²) in [4.78, 5) is 17.3. The third kappa shape index (κ3) is 5.43. The van der Waals surface area contributed by atoms with Gasteiger partial charge >= 0.3 is 0 Å². The number of hydrogen-bond donors (Lipinski definition) is 2. The molecule has 2 unspecified atom stereocenters. The van der Waals surface area contributed by atoms with E-state index in [2.05, 4.69) is 41.7 Å². The molecule has 2 aliphatic heterocycles. The third-order valence-corrected chi connectivity index (χ3v) is 5.51. The second kappa shape index (κ2) is 9.18. The Hall–Kier alpha value is -1.14. The predicted molar refractivity (Wildman–Crippen MR) is 106 cm³/mol. The van der Waals surface area contributed by atoms with Crippen LogP contribution in [0.2, 0.25) is 5.02 Å². The Balaban J connectivity index is 1.48. The molecule has 2 heterocycles. The van der Waals surface area contributed by atoms with Crippen LogP contribution in [-0.2, 0) is 11.3 Å². The van der Waals surface area contributed by atoms with Crippen LogP contribution in [0.1, 0.15) is 38.7 Å². The maximum Gasteiger partial charge on any atom is 0.241 e. The summed E-state index contributed by atoms with van der Waals surface area (Å²) in [6.07, 6.45) is 3.02. The monoisotopic (exact) mass is 378 g/mol. The van der Waals surface area contributed by atoms with E-state index >= 15 is 0 Å². The zero-order valence-electron chi connectivity index (χ0n) is 15.9. The molecular weight excluding hydrogens is 348 g/mol. The quantitative estimate of drug-likeness (QED) is 0.827. The van der Waals surface area contributed by atoms with Gasteiger partial charge < -0.3 is 4.90 Å². The van der Waals surface area contributed by atoms with Gasteiger partial charge in [0.15, 0.2) is 0 Å². The van der Waals surface area contributed by atoms with Crippen LogP contribution in [-0.4, -0.2) is 54.0 Å². The molecule has 0 saturated carbocycles. The molecule has 2 fully saturated rings. The maximum atomic E-state index is 12.9. The minimum Gasteiger partial charge on any atom is -0.340 e. The van der Waals surface area contributed by atoms with Crippen LogP contribution >= 0.6 is 11.6 Å². The van der Waals surface area contributed by atoms with Crippen molar-refractivity contribution in [1.82, 2.24) is 20.7 Å². The first kappa shape index (κ1) is 19.6. The van der Waals surface area contributed by atoms with E-state index in [1.54, 1.807) is 0 Å². The van der Waals surface area contributed by atoms with Crippen LogP contribution in [0.3, 0.4) is 0 Å². The highest BCUT2D eigenvalue weighted by molar-refractivity contribution is 6.30. The van der Waals surface area contributed by atoms with Gasteiger partial charge in [0, 0.05) is 43.8 Å². The molecule has 2 saturated heterocycles. The highest BCUT2D eigenvalue weighted by Crippen LogP contribution is 2.17. The Bertz CT molecular complexity index is 592. The first-order valence-corrected chi connectivity index (χ1v) is 10.2. The summed E-state index contributed by atoms with van der Waals surface area (Å²) < 4.78 is 0. The lowest BCUT2D eigenvalue weighted by atomic mass is 9.99. The molecule has 5 nitrogen and oxygen atoms in total. The highest BCUT2D eigenvalue weighted by Gasteiger charge is 2.32. The Labute approximate surface area is 162 Å². The van der Waals surface area contributed by atoms with Crippen molar-refractivity contribution >= 4 is 17.5 Å². The van der Waals surface area contributed by atoms with Gasteiger partial charge in [-0.2, -0.15) is 0 Å². The molecule has 2 N–H and O–H groups in total. The van der Waals surface area contributed by atoms with Crippen LogP contribution in [0.25, 0.3) is 0 Å². The van der Waals surface area contributed by atoms with E-state index < -0.39 is 0 Å². The molecule has 26 heavy (non-hydrogen) atoms. The average molecular weight is 379 g/mol. The lowest BCUT2D eigenvalue weighted by Gasteiger charge is -2.24. The molecule has 1 aromatic carbocycles. The number of carbonyl (C=O) groups is 1. The van der Waals surface area contributed by atoms with E-state index in [1.165, 1.54) is 5.56 Å². The van der Waals surface area contributed by atoms with Gasteiger partial charge in [-0.05, 0) is 42.9 Å². The van der Waals surface area contributed by atoms with Crippen molar-refractivity contribution in [3.63, 3.8) is 0 Å². The van der Waals surface area contributed by atoms with Crippen molar-refractivity contribution in [1.29, 1.82) is 0 Å². The summed E-state index contributed by atoms with van der Waals surface area (Å²) in [5.41, 5.74) is 7.79. The van der Waals surface area contributed by atoms with Crippen molar-refractivity contribution in [3.05, 3.63) is 34.9 Å². The third-order valence-electron chi connectivity index (χ3n) is 5.26. The minimum absolute atomic E-state index is 0.0819. The molecule has 3 rings (SSSR count). The number of nitrogens with one attached hydrogen (secondary N) is 2. The Morgan fingerprint density at radius 2 is 1.92 bits per heavy atom. The molecule has 2 aliphatic rings. The van der Waals surface area contributed by atoms with Gasteiger partial charge in [0.1, 0.15) is 6.04 Å². The molecule has 0 radical (unpaired) electrons. The molecule has 0 aliphatic carbocycles. The van der Waals surface area contributed by atoms with Crippen molar-refractivity contribution in [2.75, 3.05) is 26.2 Å². The van der Waals surface area contributed by atoms with E-state index in [0.717, 1.165) is 57.0 Å². The molecule has 1 amide bonds. The molecular formula is C20H31ClN4O. The Morgan fingerprint density at radius 3 is 2.65 bits per heavy atom. The molecule has 1 aromatic rings. The fourth-order valence-electron chi connectivity index (χ4n) is 3.93. The van der Waals surface area contributed by atoms with Crippen LogP contribution in [0.4, 0.5) is 0 Å². The summed E-state index contributed by atoms with van der Waals surface area (Å²) in [6, 6.07) is 8.37. The number of halogens is 1. The molecule has 0 aromatic heterocycles. The number of hydrazine groups is 1. The highest BCUT2D eigenvalue weighted by atomic mass is 35.5. The lowest BCUT2D eigenvalue weighted by molar-refractivity contribution is -0.133. The zero-order chi connectivity index (χ0) is 18.5. The molecule has 6 heteroatoms. The Kier molecular flexibility index (Phi) is 6.92. The first-order chi connectivity index (χ1) is 12.5. The van der Waals surface area contributed by atoms with Gasteiger partial charge in [0.2, 0.25) is 5.91 Å². The summed E-state index contributed by atoms with van der Waals surface area (Å²) in [5.74, 6) is 0.889. The Morgan fingerprint density at radius 1 is 1.15 bits per heavy atom. The molecule has 144 valence electrons. The standard InChI is InChI=1S/C20H31ClN4O/c1-15(2)12-18-13-19(23-22-18)20(26)25-9-3-8-24(10-11-25)14-16-4-6-17(21)7-5-16/h4-7,15,18-19,22-23H,3,8-14H2,1-2H3. The van der Waals surface area contributed by atoms with Crippen LogP contribution in [0, 0.1) is 5.92 Å². The van der Waals surface area contributed by atoms with Crippen molar-refractivity contribution in [3.8, 4) is 0 Å². The lowest BCUT2D eigenvalue weighted by Crippen LogP contribution is -2.46. The van der Waals surface area contributed by atoms with Crippen molar-refractivity contribution in [2.45, 2.75) is 51.7 Å². The predicted octanol–water partition coefficient (Wildman–Crippen LogP) is 2.66. The molecule has 0 spiro atoms. The number of rotatable bonds is 5. The minimum atomic E-state index is -0.0819. The second-order valence-electron chi connectivity index (χ2n) is 7.98. The zero-order valence-corrected chi connectivity index (χ0v) is 16.6. The van der Waals surface area contributed by atoms with Gasteiger partial charge in [-0.15, -0.1) is 0 Å². The summed E-state index contributed by atoms with van der Waals surface area (Å²) in [7, 11) is 0. The smallest absolute Gasteiger partial charge is 0.241 e. The van der Waals surface area contributed by atoms with Gasteiger partial charge in [-0.25, -0.2) is 5.43 Å². The fourth-order valence-corrected chi connectivity index (χ4v) is 4.05. The van der Waals surface area contributed by atoms with Gasteiger partial charge in [0.25, 0.3) is 0 Å². The van der Waals surface area contributed by atoms with Crippen molar-refractivity contribution in [2.24, 2.45) is 5.92 Å². The van der Waals surface area contributed by atoms with E-state index in [9.17, 15) is 4.79 Å². The first-order valence-electron chi connectivity index (χ1n) is 9.78. The number of carbonyl (C=O) groups excluding carboxylic acids is 1. The van der Waals surface area contributed by atoms with E-state index in [1.807, 2.05) is 17.0 Å². The summed E-state index contributed by atoms with van der Waals surface area (Å²) >= 11 is 5.97. The number of nitrogens with zero attached hydrogens (tertiary/aromatic N) is 2. The fraction of sp³-hybridized carbons (Fsp3) is 0.650. The van der Waals surface area contributed by atoms with E-state index in [-0.39, 0.29) is 11.9 Å². The largest absolute Gasteiger partial charge is 0.340 e. The summed E-state index contributed by atoms with van der Waals surface area (Å²) in [5, 5.41) is 0.773. The SMILES string of the molecule is CC(C)CC1CC(C(=O)N2CCCN(Cc3ccc(Cl)cc3)CC2)NN1. The van der Waals surface area contributed by atoms with Crippen LogP contribution in [0.15, 0.2) is 24.3 Å². The van der Waals surface area contributed by atoms with Gasteiger partial charge in [-0.3, -0.25) is 15.1 Å². The molecule has 2 atom stereocenters. The van der Waals surface area contributed by atoms with Crippen LogP contribution < -0.4 is 10.9 Å². The van der Waals surface area contributed by atoms with Gasteiger partial charge in [-0.1, -0.05) is 37.6 Å². The van der Waals surface area contributed by atoms with Gasteiger partial charge in [0.05, 0.1) is 0 Å². The van der Waals surface area contributed by atoms with E-state index in [4.69, 9.17) is 11.6 Å². The number of benzene rings is 1. The second-order valence-corrected chi connectivity index (χ2v) is 8.42. The number of amides is 1. The topological polar surface area (TPSA) is 47.6 Å². The average Bonchev–Trinajstić information content (AvgIpc) is 2.93. The number of hydrogen-bond acceptors (Lipinski definition) is 4. The normalized spacial score (nSPS) is 24.8. The molecule has 0 bridgehead atoms. The maximum absolute atomic E-state index is 12.9. The van der Waals surface area contributed by atoms with E-state index in [0.29, 0.717) is 12.0 Å². The summed E-state index contributed by atoms with van der Waals surface area (Å²) in [6.45, 7) is 8.96. The van der Waals surface area contributed by atoms with Crippen molar-refractivity contribution < 1.29 is 4.79 Å².